The number of nitrogens with zero attached hydrogens (tertiary/aromatic N) is 3. The summed E-state index contributed by atoms with van der Waals surface area (Å²) in [5.74, 6) is 0.251. The third-order valence-electron chi connectivity index (χ3n) is 5.04. The molecule has 1 aromatic heterocycles. The molecule has 0 saturated carbocycles. The fraction of sp³-hybridized carbons (Fsp3) is 0.455. The first-order valence-electron chi connectivity index (χ1n) is 9.85. The Bertz CT molecular complexity index is 863. The average molecular weight is 434 g/mol. The highest BCUT2D eigenvalue weighted by molar-refractivity contribution is 7.10. The molecule has 29 heavy (non-hydrogen) atoms. The number of halogens is 1. The first kappa shape index (κ1) is 21.7. The van der Waals surface area contributed by atoms with Crippen LogP contribution in [-0.2, 0) is 11.2 Å². The molecule has 2 heterocycles. The van der Waals surface area contributed by atoms with E-state index in [0.29, 0.717) is 18.1 Å². The molecule has 7 heteroatoms. The van der Waals surface area contributed by atoms with Gasteiger partial charge in [-0.3, -0.25) is 4.79 Å². The van der Waals surface area contributed by atoms with Crippen molar-refractivity contribution in [3.63, 3.8) is 0 Å². The Balaban J connectivity index is 1.89. The first-order chi connectivity index (χ1) is 13.8. The molecule has 156 valence electrons. The molecule has 0 radical (unpaired) electrons. The predicted octanol–water partition coefficient (Wildman–Crippen LogP) is 4.52. The number of carbonyl (C=O) groups excluding carboxylic acids is 2. The van der Waals surface area contributed by atoms with Gasteiger partial charge in [0.2, 0.25) is 5.91 Å². The quantitative estimate of drug-likeness (QED) is 0.696. The summed E-state index contributed by atoms with van der Waals surface area (Å²) in [4.78, 5) is 32.4. The number of hydrogen-bond acceptors (Lipinski definition) is 3. The number of amides is 3. The predicted molar refractivity (Wildman–Crippen MR) is 119 cm³/mol. The number of hydrogen-bond donors (Lipinski definition) is 0. The smallest absolute Gasteiger partial charge is 0.319 e. The Hall–Kier alpha value is -2.05. The van der Waals surface area contributed by atoms with E-state index in [9.17, 15) is 9.59 Å². The van der Waals surface area contributed by atoms with Crippen molar-refractivity contribution in [1.29, 1.82) is 0 Å². The Morgan fingerprint density at radius 3 is 2.52 bits per heavy atom. The summed E-state index contributed by atoms with van der Waals surface area (Å²) >= 11 is 7.82. The number of rotatable bonds is 5. The molecule has 0 bridgehead atoms. The minimum atomic E-state index is -0.148. The molecule has 1 aromatic carbocycles. The maximum Gasteiger partial charge on any atom is 0.319 e. The molecular weight excluding hydrogens is 406 g/mol. The molecule has 1 aliphatic rings. The van der Waals surface area contributed by atoms with E-state index in [1.54, 1.807) is 30.3 Å². The van der Waals surface area contributed by atoms with Crippen molar-refractivity contribution in [2.45, 2.75) is 26.3 Å². The van der Waals surface area contributed by atoms with Crippen LogP contribution in [0.1, 0.15) is 35.9 Å². The fourth-order valence-electron chi connectivity index (χ4n) is 3.78. The Morgan fingerprint density at radius 1 is 1.21 bits per heavy atom. The lowest BCUT2D eigenvalue weighted by Gasteiger charge is -2.38. The third-order valence-corrected chi connectivity index (χ3v) is 6.29. The van der Waals surface area contributed by atoms with Crippen LogP contribution in [0.5, 0.6) is 0 Å². The average Bonchev–Trinajstić information content (AvgIpc) is 3.15. The molecule has 0 N–H and O–H groups in total. The van der Waals surface area contributed by atoms with Crippen LogP contribution in [0.2, 0.25) is 5.02 Å². The van der Waals surface area contributed by atoms with E-state index in [-0.39, 0.29) is 30.4 Å². The van der Waals surface area contributed by atoms with Crippen molar-refractivity contribution in [3.8, 4) is 0 Å². The zero-order valence-corrected chi connectivity index (χ0v) is 19.0. The van der Waals surface area contributed by atoms with Crippen LogP contribution in [0.15, 0.2) is 35.7 Å². The van der Waals surface area contributed by atoms with Crippen molar-refractivity contribution in [2.75, 3.05) is 33.7 Å². The van der Waals surface area contributed by atoms with Gasteiger partial charge in [0, 0.05) is 37.1 Å². The van der Waals surface area contributed by atoms with E-state index in [2.05, 4.69) is 25.3 Å². The molecule has 0 aliphatic carbocycles. The van der Waals surface area contributed by atoms with Crippen LogP contribution in [-0.4, -0.2) is 60.4 Å². The molecule has 1 atom stereocenters. The number of benzene rings is 1. The standard InChI is InChI=1S/C22H28ClN3O2S/c1-15(2)13-25(22(28)24(3)4)14-20(27)26-11-9-19-18(10-12-29-19)21(26)16-5-7-17(23)8-6-16/h5-8,10,12,15,21H,9,11,13-14H2,1-4H3. The molecule has 3 rings (SSSR count). The molecule has 0 saturated heterocycles. The first-order valence-corrected chi connectivity index (χ1v) is 11.1. The normalized spacial score (nSPS) is 15.9. The van der Waals surface area contributed by atoms with Crippen LogP contribution in [0, 0.1) is 5.92 Å². The van der Waals surface area contributed by atoms with Crippen molar-refractivity contribution >= 4 is 34.9 Å². The maximum atomic E-state index is 13.4. The highest BCUT2D eigenvalue weighted by Gasteiger charge is 2.34. The molecule has 3 amide bonds. The van der Waals surface area contributed by atoms with Gasteiger partial charge in [0.1, 0.15) is 6.54 Å². The molecule has 1 aliphatic heterocycles. The van der Waals surface area contributed by atoms with Crippen molar-refractivity contribution in [1.82, 2.24) is 14.7 Å². The van der Waals surface area contributed by atoms with Gasteiger partial charge in [0.05, 0.1) is 6.04 Å². The third kappa shape index (κ3) is 4.93. The Labute approximate surface area is 181 Å². The van der Waals surface area contributed by atoms with E-state index < -0.39 is 0 Å². The second kappa shape index (κ2) is 9.18. The van der Waals surface area contributed by atoms with Gasteiger partial charge < -0.3 is 14.7 Å². The summed E-state index contributed by atoms with van der Waals surface area (Å²) in [5, 5.41) is 2.76. The second-order valence-corrected chi connectivity index (χ2v) is 9.48. The summed E-state index contributed by atoms with van der Waals surface area (Å²) in [6.45, 7) is 5.38. The zero-order valence-electron chi connectivity index (χ0n) is 17.4. The van der Waals surface area contributed by atoms with Gasteiger partial charge in [0.15, 0.2) is 0 Å². The fourth-order valence-corrected chi connectivity index (χ4v) is 4.81. The lowest BCUT2D eigenvalue weighted by molar-refractivity contribution is -0.134. The van der Waals surface area contributed by atoms with Crippen molar-refractivity contribution in [2.24, 2.45) is 5.92 Å². The summed E-state index contributed by atoms with van der Waals surface area (Å²) in [7, 11) is 3.43. The SMILES string of the molecule is CC(C)CN(CC(=O)N1CCc2sccc2C1c1ccc(Cl)cc1)C(=O)N(C)C. The van der Waals surface area contributed by atoms with E-state index in [4.69, 9.17) is 11.6 Å². The molecule has 5 nitrogen and oxygen atoms in total. The van der Waals surface area contributed by atoms with Crippen LogP contribution in [0.3, 0.4) is 0 Å². The molecule has 0 spiro atoms. The zero-order chi connectivity index (χ0) is 21.1. The van der Waals surface area contributed by atoms with Gasteiger partial charge in [-0.1, -0.05) is 37.6 Å². The molecular formula is C22H28ClN3O2S. The highest BCUT2D eigenvalue weighted by atomic mass is 35.5. The van der Waals surface area contributed by atoms with Crippen LogP contribution >= 0.6 is 22.9 Å². The van der Waals surface area contributed by atoms with E-state index in [0.717, 1.165) is 12.0 Å². The lowest BCUT2D eigenvalue weighted by Crippen LogP contribution is -2.49. The number of carbonyl (C=O) groups is 2. The minimum absolute atomic E-state index is 0.0300. The van der Waals surface area contributed by atoms with E-state index >= 15 is 0 Å². The van der Waals surface area contributed by atoms with E-state index in [1.165, 1.54) is 15.3 Å². The van der Waals surface area contributed by atoms with Crippen molar-refractivity contribution < 1.29 is 9.59 Å². The topological polar surface area (TPSA) is 43.9 Å². The van der Waals surface area contributed by atoms with Crippen molar-refractivity contribution in [3.05, 3.63) is 56.7 Å². The van der Waals surface area contributed by atoms with Crippen LogP contribution in [0.25, 0.3) is 0 Å². The Kier molecular flexibility index (Phi) is 6.85. The minimum Gasteiger partial charge on any atom is -0.331 e. The van der Waals surface area contributed by atoms with Gasteiger partial charge in [-0.15, -0.1) is 11.3 Å². The lowest BCUT2D eigenvalue weighted by atomic mass is 9.93. The summed E-state index contributed by atoms with van der Waals surface area (Å²) in [6.07, 6.45) is 0.842. The summed E-state index contributed by atoms with van der Waals surface area (Å²) < 4.78 is 0. The monoisotopic (exact) mass is 433 g/mol. The van der Waals surface area contributed by atoms with Crippen LogP contribution < -0.4 is 0 Å². The maximum absolute atomic E-state index is 13.4. The van der Waals surface area contributed by atoms with Gasteiger partial charge in [-0.2, -0.15) is 0 Å². The molecule has 0 fully saturated rings. The summed E-state index contributed by atoms with van der Waals surface area (Å²) in [5.41, 5.74) is 2.21. The molecule has 1 unspecified atom stereocenters. The second-order valence-electron chi connectivity index (χ2n) is 8.04. The van der Waals surface area contributed by atoms with Gasteiger partial charge in [0.25, 0.3) is 0 Å². The number of urea groups is 1. The molecule has 2 aromatic rings. The van der Waals surface area contributed by atoms with Crippen LogP contribution in [0.4, 0.5) is 4.79 Å². The van der Waals surface area contributed by atoms with Gasteiger partial charge in [-0.25, -0.2) is 4.79 Å². The summed E-state index contributed by atoms with van der Waals surface area (Å²) in [6, 6.07) is 9.51. The Morgan fingerprint density at radius 2 is 1.90 bits per heavy atom. The number of thiophene rings is 1. The van der Waals surface area contributed by atoms with Gasteiger partial charge >= 0.3 is 6.03 Å². The van der Waals surface area contributed by atoms with E-state index in [1.807, 2.05) is 29.2 Å². The number of fused-ring (bicyclic) bond motifs is 1. The highest BCUT2D eigenvalue weighted by Crippen LogP contribution is 2.38. The largest absolute Gasteiger partial charge is 0.331 e. The van der Waals surface area contributed by atoms with Gasteiger partial charge in [-0.05, 0) is 47.0 Å².